The van der Waals surface area contributed by atoms with Crippen LogP contribution in [-0.2, 0) is 16.0 Å². The first-order valence-electron chi connectivity index (χ1n) is 10.1. The molecule has 1 aromatic carbocycles. The number of nitrogens with one attached hydrogen (secondary N) is 2. The highest BCUT2D eigenvalue weighted by Gasteiger charge is 2.32. The SMILES string of the molecule is Cc1cc(Nc2ccc(NC(=O)Cc3cc(Br)cs3)cc2)nc(N2CCCC2C(=O)O)n1. The standard InChI is InChI=1S/C22H22BrN5O3S/c1-13-9-19(27-22(24-13)28-8-2-3-18(28)21(30)31)25-15-4-6-16(7-5-15)26-20(29)11-17-10-14(23)12-32-17/h4-7,9-10,12,18H,2-3,8,11H2,1H3,(H,26,29)(H,30,31)(H,24,25,27). The minimum Gasteiger partial charge on any atom is -0.480 e. The second-order valence-electron chi connectivity index (χ2n) is 7.54. The van der Waals surface area contributed by atoms with Crippen LogP contribution in [0.15, 0.2) is 46.3 Å². The molecule has 4 rings (SSSR count). The topological polar surface area (TPSA) is 107 Å². The number of rotatable bonds is 7. The van der Waals surface area contributed by atoms with Crippen LogP contribution in [0.2, 0.25) is 0 Å². The van der Waals surface area contributed by atoms with Gasteiger partial charge in [-0.15, -0.1) is 11.3 Å². The van der Waals surface area contributed by atoms with E-state index in [4.69, 9.17) is 0 Å². The maximum atomic E-state index is 12.2. The quantitative estimate of drug-likeness (QED) is 0.422. The van der Waals surface area contributed by atoms with E-state index >= 15 is 0 Å². The van der Waals surface area contributed by atoms with Crippen molar-refractivity contribution in [3.63, 3.8) is 0 Å². The molecule has 1 unspecified atom stereocenters. The molecule has 1 fully saturated rings. The average molecular weight is 516 g/mol. The van der Waals surface area contributed by atoms with Crippen molar-refractivity contribution < 1.29 is 14.7 Å². The first kappa shape index (κ1) is 22.2. The third-order valence-electron chi connectivity index (χ3n) is 5.03. The number of nitrogens with zero attached hydrogens (tertiary/aromatic N) is 3. The van der Waals surface area contributed by atoms with Gasteiger partial charge in [0, 0.05) is 44.4 Å². The monoisotopic (exact) mass is 515 g/mol. The molecule has 0 aliphatic carbocycles. The molecule has 8 nitrogen and oxygen atoms in total. The molecule has 1 amide bonds. The number of halogens is 1. The molecule has 3 N–H and O–H groups in total. The fourth-order valence-corrected chi connectivity index (χ4v) is 5.05. The zero-order valence-electron chi connectivity index (χ0n) is 17.3. The van der Waals surface area contributed by atoms with Crippen molar-refractivity contribution in [3.8, 4) is 0 Å². The van der Waals surface area contributed by atoms with Crippen molar-refractivity contribution in [2.75, 3.05) is 22.1 Å². The fourth-order valence-electron chi connectivity index (χ4n) is 3.60. The zero-order chi connectivity index (χ0) is 22.7. The summed E-state index contributed by atoms with van der Waals surface area (Å²) in [5.41, 5.74) is 2.25. The van der Waals surface area contributed by atoms with Crippen LogP contribution in [0.1, 0.15) is 23.4 Å². The summed E-state index contributed by atoms with van der Waals surface area (Å²) in [4.78, 5) is 35.5. The molecule has 0 bridgehead atoms. The van der Waals surface area contributed by atoms with Crippen LogP contribution in [0.25, 0.3) is 0 Å². The number of thiophene rings is 1. The van der Waals surface area contributed by atoms with Crippen molar-refractivity contribution >= 4 is 62.3 Å². The smallest absolute Gasteiger partial charge is 0.326 e. The van der Waals surface area contributed by atoms with Gasteiger partial charge in [0.15, 0.2) is 0 Å². The third-order valence-corrected chi connectivity index (χ3v) is 6.73. The van der Waals surface area contributed by atoms with Crippen molar-refractivity contribution in [3.05, 3.63) is 56.8 Å². The van der Waals surface area contributed by atoms with Gasteiger partial charge >= 0.3 is 5.97 Å². The largest absolute Gasteiger partial charge is 0.480 e. The lowest BCUT2D eigenvalue weighted by molar-refractivity contribution is -0.138. The van der Waals surface area contributed by atoms with Crippen LogP contribution in [-0.4, -0.2) is 39.5 Å². The summed E-state index contributed by atoms with van der Waals surface area (Å²) in [7, 11) is 0. The van der Waals surface area contributed by atoms with Gasteiger partial charge < -0.3 is 20.6 Å². The number of amides is 1. The Kier molecular flexibility index (Phi) is 6.71. The molecule has 10 heteroatoms. The van der Waals surface area contributed by atoms with Crippen molar-refractivity contribution in [1.82, 2.24) is 9.97 Å². The maximum absolute atomic E-state index is 12.2. The number of hydrogen-bond acceptors (Lipinski definition) is 7. The number of carboxylic acid groups (broad SMARTS) is 1. The molecular weight excluding hydrogens is 494 g/mol. The van der Waals surface area contributed by atoms with Crippen LogP contribution < -0.4 is 15.5 Å². The maximum Gasteiger partial charge on any atom is 0.326 e. The number of hydrogen-bond donors (Lipinski definition) is 3. The second-order valence-corrected chi connectivity index (χ2v) is 9.45. The third kappa shape index (κ3) is 5.43. The van der Waals surface area contributed by atoms with Gasteiger partial charge in [-0.2, -0.15) is 4.98 Å². The Balaban J connectivity index is 1.41. The predicted octanol–water partition coefficient (Wildman–Crippen LogP) is 4.59. The van der Waals surface area contributed by atoms with Crippen LogP contribution in [0, 0.1) is 6.92 Å². The molecule has 0 saturated carbocycles. The Morgan fingerprint density at radius 3 is 2.66 bits per heavy atom. The molecule has 2 aromatic heterocycles. The molecule has 32 heavy (non-hydrogen) atoms. The van der Waals surface area contributed by atoms with Gasteiger partial charge in [0.25, 0.3) is 0 Å². The average Bonchev–Trinajstić information content (AvgIpc) is 3.38. The normalized spacial score (nSPS) is 15.6. The van der Waals surface area contributed by atoms with E-state index < -0.39 is 12.0 Å². The van der Waals surface area contributed by atoms with Crippen LogP contribution in [0.3, 0.4) is 0 Å². The number of aromatic nitrogens is 2. The van der Waals surface area contributed by atoms with Gasteiger partial charge in [-0.1, -0.05) is 0 Å². The molecule has 1 aliphatic rings. The number of aliphatic carboxylic acids is 1. The molecule has 3 aromatic rings. The van der Waals surface area contributed by atoms with E-state index in [1.54, 1.807) is 4.90 Å². The van der Waals surface area contributed by atoms with Gasteiger partial charge in [-0.25, -0.2) is 9.78 Å². The highest BCUT2D eigenvalue weighted by atomic mass is 79.9. The lowest BCUT2D eigenvalue weighted by Gasteiger charge is -2.22. The van der Waals surface area contributed by atoms with E-state index in [1.165, 1.54) is 11.3 Å². The summed E-state index contributed by atoms with van der Waals surface area (Å²) in [6, 6.07) is 10.5. The number of carbonyl (C=O) groups excluding carboxylic acids is 1. The first-order valence-corrected chi connectivity index (χ1v) is 11.8. The second kappa shape index (κ2) is 9.66. The van der Waals surface area contributed by atoms with E-state index in [9.17, 15) is 14.7 Å². The number of carboxylic acids is 1. The summed E-state index contributed by atoms with van der Waals surface area (Å²) < 4.78 is 0.979. The minimum atomic E-state index is -0.855. The number of anilines is 4. The molecule has 0 radical (unpaired) electrons. The van der Waals surface area contributed by atoms with Crippen LogP contribution >= 0.6 is 27.3 Å². The van der Waals surface area contributed by atoms with Crippen molar-refractivity contribution in [1.29, 1.82) is 0 Å². The minimum absolute atomic E-state index is 0.0743. The lowest BCUT2D eigenvalue weighted by atomic mass is 10.2. The summed E-state index contributed by atoms with van der Waals surface area (Å²) in [5.74, 6) is 0.0753. The Labute approximate surface area is 197 Å². The van der Waals surface area contributed by atoms with Crippen molar-refractivity contribution in [2.45, 2.75) is 32.2 Å². The van der Waals surface area contributed by atoms with Crippen LogP contribution in [0.5, 0.6) is 0 Å². The molecule has 3 heterocycles. The molecular formula is C22H22BrN5O3S. The Hall–Kier alpha value is -2.98. The molecule has 1 saturated heterocycles. The summed E-state index contributed by atoms with van der Waals surface area (Å²) in [6.07, 6.45) is 1.72. The molecule has 166 valence electrons. The Morgan fingerprint density at radius 1 is 1.22 bits per heavy atom. The molecule has 1 atom stereocenters. The summed E-state index contributed by atoms with van der Waals surface area (Å²) in [6.45, 7) is 2.48. The summed E-state index contributed by atoms with van der Waals surface area (Å²) >= 11 is 4.93. The van der Waals surface area contributed by atoms with E-state index in [1.807, 2.05) is 48.7 Å². The number of carbonyl (C=O) groups is 2. The van der Waals surface area contributed by atoms with Gasteiger partial charge in [-0.05, 0) is 66.0 Å². The van der Waals surface area contributed by atoms with Gasteiger partial charge in [0.1, 0.15) is 11.9 Å². The van der Waals surface area contributed by atoms with Crippen molar-refractivity contribution in [2.24, 2.45) is 0 Å². The molecule has 1 aliphatic heterocycles. The Bertz CT molecular complexity index is 1130. The highest BCUT2D eigenvalue weighted by Crippen LogP contribution is 2.26. The van der Waals surface area contributed by atoms with E-state index in [-0.39, 0.29) is 5.91 Å². The lowest BCUT2D eigenvalue weighted by Crippen LogP contribution is -2.37. The number of aryl methyl sites for hydroxylation is 1. The number of benzene rings is 1. The Morgan fingerprint density at radius 2 is 1.97 bits per heavy atom. The predicted molar refractivity (Wildman–Crippen MR) is 129 cm³/mol. The van der Waals surface area contributed by atoms with Gasteiger partial charge in [0.05, 0.1) is 6.42 Å². The first-order chi connectivity index (χ1) is 15.4. The van der Waals surface area contributed by atoms with E-state index in [2.05, 4.69) is 36.5 Å². The van der Waals surface area contributed by atoms with E-state index in [0.29, 0.717) is 36.8 Å². The van der Waals surface area contributed by atoms with E-state index in [0.717, 1.165) is 27.2 Å². The zero-order valence-corrected chi connectivity index (χ0v) is 19.7. The van der Waals surface area contributed by atoms with Crippen LogP contribution in [0.4, 0.5) is 23.1 Å². The van der Waals surface area contributed by atoms with Gasteiger partial charge in [0.2, 0.25) is 11.9 Å². The highest BCUT2D eigenvalue weighted by molar-refractivity contribution is 9.10. The van der Waals surface area contributed by atoms with Gasteiger partial charge in [-0.3, -0.25) is 4.79 Å². The summed E-state index contributed by atoms with van der Waals surface area (Å²) in [5, 5.41) is 17.5. The molecule has 0 spiro atoms. The fraction of sp³-hybridized carbons (Fsp3) is 0.273.